The van der Waals surface area contributed by atoms with E-state index in [1.54, 1.807) is 36.4 Å². The number of hydrogen-bond donors (Lipinski definition) is 1. The van der Waals surface area contributed by atoms with E-state index in [2.05, 4.69) is 12.2 Å². The molecule has 2 aromatic carbocycles. The molecular formula is C26H33N3O4S. The molecule has 0 radical (unpaired) electrons. The zero-order chi connectivity index (χ0) is 24.8. The van der Waals surface area contributed by atoms with Gasteiger partial charge in [-0.15, -0.1) is 0 Å². The van der Waals surface area contributed by atoms with Gasteiger partial charge in [0.25, 0.3) is 0 Å². The number of benzene rings is 2. The van der Waals surface area contributed by atoms with Crippen LogP contribution < -0.4 is 10.2 Å². The molecule has 7 nitrogen and oxygen atoms in total. The van der Waals surface area contributed by atoms with Crippen LogP contribution in [0.15, 0.2) is 41.3 Å². The van der Waals surface area contributed by atoms with Crippen molar-refractivity contribution >= 4 is 33.2 Å². The SMILES string of the molecule is Cc1cc(C)cc(NC(=O)CN2C(=O)C(C)(C)c3cc(S(=O)(=O)N4CCC[C@@H](C)C4)ccc32)c1. The van der Waals surface area contributed by atoms with Gasteiger partial charge < -0.3 is 10.2 Å². The highest BCUT2D eigenvalue weighted by molar-refractivity contribution is 7.89. The summed E-state index contributed by atoms with van der Waals surface area (Å²) in [5, 5.41) is 2.88. The summed E-state index contributed by atoms with van der Waals surface area (Å²) in [4.78, 5) is 27.7. The molecule has 8 heteroatoms. The fourth-order valence-electron chi connectivity index (χ4n) is 5.04. The average Bonchev–Trinajstić information content (AvgIpc) is 2.93. The molecule has 2 amide bonds. The van der Waals surface area contributed by atoms with Crippen LogP contribution in [0.1, 0.15) is 50.3 Å². The van der Waals surface area contributed by atoms with Gasteiger partial charge in [-0.2, -0.15) is 4.31 Å². The molecule has 1 N–H and O–H groups in total. The Hall–Kier alpha value is -2.71. The maximum absolute atomic E-state index is 13.3. The summed E-state index contributed by atoms with van der Waals surface area (Å²) < 4.78 is 28.2. The predicted molar refractivity (Wildman–Crippen MR) is 134 cm³/mol. The second kappa shape index (κ2) is 8.82. The molecule has 4 rings (SSSR count). The average molecular weight is 484 g/mol. The summed E-state index contributed by atoms with van der Waals surface area (Å²) >= 11 is 0. The largest absolute Gasteiger partial charge is 0.325 e. The molecule has 34 heavy (non-hydrogen) atoms. The minimum absolute atomic E-state index is 0.141. The quantitative estimate of drug-likeness (QED) is 0.697. The number of amides is 2. The van der Waals surface area contributed by atoms with Crippen molar-refractivity contribution in [1.82, 2.24) is 4.31 Å². The number of fused-ring (bicyclic) bond motifs is 1. The van der Waals surface area contributed by atoms with E-state index in [4.69, 9.17) is 0 Å². The molecule has 0 aromatic heterocycles. The first kappa shape index (κ1) is 24.4. The Morgan fingerprint density at radius 1 is 1.12 bits per heavy atom. The van der Waals surface area contributed by atoms with Gasteiger partial charge in [-0.25, -0.2) is 8.42 Å². The minimum atomic E-state index is -3.65. The second-order valence-corrected chi connectivity index (χ2v) is 12.2. The monoisotopic (exact) mass is 483 g/mol. The second-order valence-electron chi connectivity index (χ2n) is 10.2. The van der Waals surface area contributed by atoms with Crippen molar-refractivity contribution < 1.29 is 18.0 Å². The van der Waals surface area contributed by atoms with Crippen LogP contribution in [0, 0.1) is 19.8 Å². The first-order valence-corrected chi connectivity index (χ1v) is 13.2. The van der Waals surface area contributed by atoms with Gasteiger partial charge in [0, 0.05) is 24.5 Å². The lowest BCUT2D eigenvalue weighted by atomic mass is 9.86. The zero-order valence-corrected chi connectivity index (χ0v) is 21.3. The van der Waals surface area contributed by atoms with Gasteiger partial charge in [0.15, 0.2) is 0 Å². The van der Waals surface area contributed by atoms with Crippen molar-refractivity contribution in [2.45, 2.75) is 57.8 Å². The summed E-state index contributed by atoms with van der Waals surface area (Å²) in [6.07, 6.45) is 1.87. The van der Waals surface area contributed by atoms with Crippen molar-refractivity contribution in [3.63, 3.8) is 0 Å². The molecule has 182 valence electrons. The minimum Gasteiger partial charge on any atom is -0.325 e. The fourth-order valence-corrected chi connectivity index (χ4v) is 6.66. The molecule has 2 aromatic rings. The predicted octanol–water partition coefficient (Wildman–Crippen LogP) is 3.99. The molecule has 0 bridgehead atoms. The third kappa shape index (κ3) is 4.49. The highest BCUT2D eigenvalue weighted by atomic mass is 32.2. The Morgan fingerprint density at radius 3 is 2.44 bits per heavy atom. The highest BCUT2D eigenvalue weighted by Crippen LogP contribution is 2.43. The molecule has 1 atom stereocenters. The molecule has 0 spiro atoms. The lowest BCUT2D eigenvalue weighted by Crippen LogP contribution is -2.40. The summed E-state index contributed by atoms with van der Waals surface area (Å²) in [7, 11) is -3.65. The standard InChI is InChI=1S/C26H33N3O4S/c1-17-7-6-10-28(15-17)34(32,33)21-8-9-23-22(14-21)26(4,5)25(31)29(23)16-24(30)27-20-12-18(2)11-19(3)13-20/h8-9,11-14,17H,6-7,10,15-16H2,1-5H3,(H,27,30)/t17-/m1/s1. The summed E-state index contributed by atoms with van der Waals surface area (Å²) in [6.45, 7) is 10.4. The van der Waals surface area contributed by atoms with E-state index in [1.165, 1.54) is 4.90 Å². The molecule has 1 saturated heterocycles. The van der Waals surface area contributed by atoms with Crippen LogP contribution in [0.2, 0.25) is 0 Å². The third-order valence-corrected chi connectivity index (χ3v) is 8.64. The normalized spacial score (nSPS) is 20.3. The molecule has 1 fully saturated rings. The lowest BCUT2D eigenvalue weighted by molar-refractivity contribution is -0.124. The van der Waals surface area contributed by atoms with Gasteiger partial charge in [0.1, 0.15) is 6.54 Å². The first-order chi connectivity index (χ1) is 15.9. The first-order valence-electron chi connectivity index (χ1n) is 11.7. The molecule has 0 saturated carbocycles. The molecule has 2 aliphatic heterocycles. The van der Waals surface area contributed by atoms with Gasteiger partial charge in [0.2, 0.25) is 21.8 Å². The number of carbonyl (C=O) groups excluding carboxylic acids is 2. The van der Waals surface area contributed by atoms with Gasteiger partial charge >= 0.3 is 0 Å². The van der Waals surface area contributed by atoms with E-state index in [1.807, 2.05) is 32.0 Å². The van der Waals surface area contributed by atoms with Gasteiger partial charge in [-0.1, -0.05) is 13.0 Å². The number of anilines is 2. The Labute approximate surface area is 202 Å². The number of aryl methyl sites for hydroxylation is 2. The van der Waals surface area contributed by atoms with E-state index in [0.717, 1.165) is 24.0 Å². The Kier molecular flexibility index (Phi) is 6.33. The molecule has 2 heterocycles. The van der Waals surface area contributed by atoms with Crippen molar-refractivity contribution in [1.29, 1.82) is 0 Å². The number of sulfonamides is 1. The van der Waals surface area contributed by atoms with E-state index in [0.29, 0.717) is 35.9 Å². The lowest BCUT2D eigenvalue weighted by Gasteiger charge is -2.30. The molecule has 0 unspecified atom stereocenters. The number of carbonyl (C=O) groups is 2. The van der Waals surface area contributed by atoms with Crippen LogP contribution in [-0.2, 0) is 25.0 Å². The zero-order valence-electron chi connectivity index (χ0n) is 20.5. The van der Waals surface area contributed by atoms with Crippen LogP contribution in [0.25, 0.3) is 0 Å². The van der Waals surface area contributed by atoms with Crippen molar-refractivity contribution in [3.8, 4) is 0 Å². The van der Waals surface area contributed by atoms with Crippen LogP contribution in [0.5, 0.6) is 0 Å². The van der Waals surface area contributed by atoms with Gasteiger partial charge in [0.05, 0.1) is 10.3 Å². The number of piperidine rings is 1. The smallest absolute Gasteiger partial charge is 0.244 e. The maximum Gasteiger partial charge on any atom is 0.244 e. The number of nitrogens with one attached hydrogen (secondary N) is 1. The van der Waals surface area contributed by atoms with Gasteiger partial charge in [-0.3, -0.25) is 9.59 Å². The molecular weight excluding hydrogens is 450 g/mol. The van der Waals surface area contributed by atoms with Crippen LogP contribution >= 0.6 is 0 Å². The van der Waals surface area contributed by atoms with E-state index in [-0.39, 0.29) is 23.3 Å². The van der Waals surface area contributed by atoms with Crippen LogP contribution in [-0.4, -0.2) is 44.2 Å². The fraction of sp³-hybridized carbons (Fsp3) is 0.462. The number of rotatable bonds is 5. The van der Waals surface area contributed by atoms with Crippen molar-refractivity contribution in [3.05, 3.63) is 53.1 Å². The number of hydrogen-bond acceptors (Lipinski definition) is 4. The highest BCUT2D eigenvalue weighted by Gasteiger charge is 2.45. The topological polar surface area (TPSA) is 86.8 Å². The van der Waals surface area contributed by atoms with E-state index in [9.17, 15) is 18.0 Å². The number of nitrogens with zero attached hydrogens (tertiary/aromatic N) is 2. The summed E-state index contributed by atoms with van der Waals surface area (Å²) in [6, 6.07) is 10.6. The Bertz CT molecular complexity index is 1230. The van der Waals surface area contributed by atoms with Gasteiger partial charge in [-0.05, 0) is 93.5 Å². The van der Waals surface area contributed by atoms with E-state index >= 15 is 0 Å². The summed E-state index contributed by atoms with van der Waals surface area (Å²) in [5.74, 6) is -0.206. The summed E-state index contributed by atoms with van der Waals surface area (Å²) in [5.41, 5.74) is 3.04. The molecule has 0 aliphatic carbocycles. The van der Waals surface area contributed by atoms with Crippen molar-refractivity contribution in [2.75, 3.05) is 29.9 Å². The van der Waals surface area contributed by atoms with Crippen molar-refractivity contribution in [2.24, 2.45) is 5.92 Å². The van der Waals surface area contributed by atoms with Crippen LogP contribution in [0.4, 0.5) is 11.4 Å². The maximum atomic E-state index is 13.3. The Balaban J connectivity index is 1.60. The van der Waals surface area contributed by atoms with Crippen LogP contribution in [0.3, 0.4) is 0 Å². The molecule has 2 aliphatic rings. The van der Waals surface area contributed by atoms with E-state index < -0.39 is 15.4 Å². The third-order valence-electron chi connectivity index (χ3n) is 6.78. The Morgan fingerprint density at radius 2 is 1.79 bits per heavy atom.